The molecule has 0 radical (unpaired) electrons. The summed E-state index contributed by atoms with van der Waals surface area (Å²) < 4.78 is 0. The molecule has 1 aliphatic heterocycles. The highest BCUT2D eigenvalue weighted by Gasteiger charge is 2.29. The van der Waals surface area contributed by atoms with E-state index in [1.54, 1.807) is 11.3 Å². The average molecular weight is 297 g/mol. The Morgan fingerprint density at radius 1 is 1.37 bits per heavy atom. The summed E-state index contributed by atoms with van der Waals surface area (Å²) in [5.41, 5.74) is 1.62. The zero-order valence-corrected chi connectivity index (χ0v) is 13.7. The third kappa shape index (κ3) is 3.96. The molecule has 19 heavy (non-hydrogen) atoms. The molecule has 1 N–H and O–H groups in total. The SMILES string of the molecule is CCC1(CC)CN=C(NCCc2csc(C)n2)SC1. The Morgan fingerprint density at radius 2 is 2.16 bits per heavy atom. The van der Waals surface area contributed by atoms with Crippen LogP contribution in [0.1, 0.15) is 37.4 Å². The van der Waals surface area contributed by atoms with Crippen molar-refractivity contribution in [3.63, 3.8) is 0 Å². The minimum Gasteiger partial charge on any atom is -0.365 e. The Labute approximate surface area is 124 Å². The van der Waals surface area contributed by atoms with E-state index in [4.69, 9.17) is 4.99 Å². The van der Waals surface area contributed by atoms with Crippen molar-refractivity contribution in [2.75, 3.05) is 18.8 Å². The molecule has 1 aliphatic rings. The number of aryl methyl sites for hydroxylation is 1. The molecule has 0 spiro atoms. The highest BCUT2D eigenvalue weighted by Crippen LogP contribution is 2.34. The van der Waals surface area contributed by atoms with Gasteiger partial charge in [0.15, 0.2) is 5.17 Å². The van der Waals surface area contributed by atoms with Crippen molar-refractivity contribution in [3.8, 4) is 0 Å². The van der Waals surface area contributed by atoms with Crippen LogP contribution in [0.2, 0.25) is 0 Å². The van der Waals surface area contributed by atoms with Gasteiger partial charge >= 0.3 is 0 Å². The number of hydrogen-bond acceptors (Lipinski definition) is 5. The van der Waals surface area contributed by atoms with Crippen molar-refractivity contribution in [1.82, 2.24) is 10.3 Å². The van der Waals surface area contributed by atoms with Crippen LogP contribution in [0.15, 0.2) is 10.4 Å². The fraction of sp³-hybridized carbons (Fsp3) is 0.714. The minimum atomic E-state index is 0.432. The smallest absolute Gasteiger partial charge is 0.156 e. The van der Waals surface area contributed by atoms with Crippen LogP contribution in [0.3, 0.4) is 0 Å². The third-order valence-electron chi connectivity index (χ3n) is 3.90. The van der Waals surface area contributed by atoms with Crippen molar-refractivity contribution in [2.45, 2.75) is 40.0 Å². The lowest BCUT2D eigenvalue weighted by Crippen LogP contribution is -2.35. The van der Waals surface area contributed by atoms with Gasteiger partial charge in [0.1, 0.15) is 0 Å². The van der Waals surface area contributed by atoms with Gasteiger partial charge in [-0.3, -0.25) is 4.99 Å². The van der Waals surface area contributed by atoms with Crippen LogP contribution >= 0.6 is 23.1 Å². The number of hydrogen-bond donors (Lipinski definition) is 1. The van der Waals surface area contributed by atoms with E-state index in [0.717, 1.165) is 29.7 Å². The summed E-state index contributed by atoms with van der Waals surface area (Å²) >= 11 is 3.60. The zero-order chi connectivity index (χ0) is 13.7. The van der Waals surface area contributed by atoms with Crippen molar-refractivity contribution in [3.05, 3.63) is 16.1 Å². The Morgan fingerprint density at radius 3 is 2.68 bits per heavy atom. The summed E-state index contributed by atoms with van der Waals surface area (Å²) in [6.45, 7) is 8.52. The number of aromatic nitrogens is 1. The van der Waals surface area contributed by atoms with Gasteiger partial charge in [-0.1, -0.05) is 25.6 Å². The van der Waals surface area contributed by atoms with Gasteiger partial charge in [0.2, 0.25) is 0 Å². The minimum absolute atomic E-state index is 0.432. The van der Waals surface area contributed by atoms with Gasteiger partial charge in [-0.05, 0) is 25.2 Å². The fourth-order valence-electron chi connectivity index (χ4n) is 2.16. The van der Waals surface area contributed by atoms with Crippen molar-refractivity contribution < 1.29 is 0 Å². The molecule has 0 unspecified atom stereocenters. The largest absolute Gasteiger partial charge is 0.365 e. The summed E-state index contributed by atoms with van der Waals surface area (Å²) in [7, 11) is 0. The molecule has 1 aromatic rings. The van der Waals surface area contributed by atoms with Crippen molar-refractivity contribution >= 4 is 28.3 Å². The topological polar surface area (TPSA) is 37.3 Å². The van der Waals surface area contributed by atoms with Gasteiger partial charge in [-0.2, -0.15) is 0 Å². The Balaban J connectivity index is 1.77. The molecule has 3 nitrogen and oxygen atoms in total. The first kappa shape index (κ1) is 14.9. The number of nitrogens with one attached hydrogen (secondary N) is 1. The summed E-state index contributed by atoms with van der Waals surface area (Å²) in [6, 6.07) is 0. The summed E-state index contributed by atoms with van der Waals surface area (Å²) in [4.78, 5) is 9.19. The predicted molar refractivity (Wildman–Crippen MR) is 86.3 cm³/mol. The van der Waals surface area contributed by atoms with E-state index in [1.165, 1.54) is 24.3 Å². The standard InChI is InChI=1S/C14H23N3S2/c1-4-14(5-2)9-16-13(19-10-14)15-7-6-12-8-18-11(3)17-12/h8H,4-7,9-10H2,1-3H3,(H,15,16). The van der Waals surface area contributed by atoms with E-state index in [2.05, 4.69) is 36.5 Å². The van der Waals surface area contributed by atoms with E-state index >= 15 is 0 Å². The first-order chi connectivity index (χ1) is 9.17. The maximum atomic E-state index is 4.71. The second kappa shape index (κ2) is 6.75. The molecule has 0 atom stereocenters. The van der Waals surface area contributed by atoms with Crippen LogP contribution in [0.4, 0.5) is 0 Å². The molecular formula is C14H23N3S2. The Hall–Kier alpha value is -0.550. The highest BCUT2D eigenvalue weighted by atomic mass is 32.2. The third-order valence-corrected chi connectivity index (χ3v) is 6.02. The number of rotatable bonds is 5. The molecule has 2 rings (SSSR count). The van der Waals surface area contributed by atoms with Crippen molar-refractivity contribution in [1.29, 1.82) is 0 Å². The Bertz CT molecular complexity index is 436. The van der Waals surface area contributed by atoms with Crippen LogP contribution in [0.5, 0.6) is 0 Å². The molecular weight excluding hydrogens is 274 g/mol. The zero-order valence-electron chi connectivity index (χ0n) is 12.0. The number of aliphatic imine (C=N–C) groups is 1. The quantitative estimate of drug-likeness (QED) is 0.904. The normalized spacial score (nSPS) is 18.2. The summed E-state index contributed by atoms with van der Waals surface area (Å²) in [5.74, 6) is 1.20. The Kier molecular flexibility index (Phi) is 5.28. The van der Waals surface area contributed by atoms with Gasteiger partial charge < -0.3 is 5.32 Å². The molecule has 0 amide bonds. The number of amidine groups is 1. The molecule has 2 heterocycles. The molecule has 0 aromatic carbocycles. The maximum absolute atomic E-state index is 4.71. The van der Waals surface area contributed by atoms with E-state index in [-0.39, 0.29) is 0 Å². The lowest BCUT2D eigenvalue weighted by molar-refractivity contribution is 0.318. The fourth-order valence-corrected chi connectivity index (χ4v) is 4.11. The van der Waals surface area contributed by atoms with Crippen LogP contribution in [-0.4, -0.2) is 29.0 Å². The van der Waals surface area contributed by atoms with Gasteiger partial charge in [0.05, 0.1) is 10.7 Å². The second-order valence-corrected chi connectivity index (χ2v) is 7.18. The molecule has 1 aromatic heterocycles. The highest BCUT2D eigenvalue weighted by molar-refractivity contribution is 8.13. The van der Waals surface area contributed by atoms with Gasteiger partial charge in [-0.15, -0.1) is 11.3 Å². The first-order valence-electron chi connectivity index (χ1n) is 6.99. The molecule has 0 saturated heterocycles. The summed E-state index contributed by atoms with van der Waals surface area (Å²) in [5, 5.41) is 7.85. The predicted octanol–water partition coefficient (Wildman–Crippen LogP) is 3.49. The number of nitrogens with zero attached hydrogens (tertiary/aromatic N) is 2. The maximum Gasteiger partial charge on any atom is 0.156 e. The lowest BCUT2D eigenvalue weighted by Gasteiger charge is -2.33. The average Bonchev–Trinajstić information content (AvgIpc) is 2.86. The van der Waals surface area contributed by atoms with Crippen LogP contribution in [0.25, 0.3) is 0 Å². The monoisotopic (exact) mass is 297 g/mol. The molecule has 5 heteroatoms. The molecule has 0 saturated carbocycles. The van der Waals surface area contributed by atoms with E-state index in [9.17, 15) is 0 Å². The van der Waals surface area contributed by atoms with Crippen LogP contribution in [-0.2, 0) is 6.42 Å². The van der Waals surface area contributed by atoms with E-state index < -0.39 is 0 Å². The summed E-state index contributed by atoms with van der Waals surface area (Å²) in [6.07, 6.45) is 3.44. The first-order valence-corrected chi connectivity index (χ1v) is 8.86. The van der Waals surface area contributed by atoms with Crippen molar-refractivity contribution in [2.24, 2.45) is 10.4 Å². The van der Waals surface area contributed by atoms with Gasteiger partial charge in [0, 0.05) is 30.6 Å². The van der Waals surface area contributed by atoms with Crippen LogP contribution < -0.4 is 5.32 Å². The van der Waals surface area contributed by atoms with E-state index in [0.29, 0.717) is 5.41 Å². The van der Waals surface area contributed by atoms with E-state index in [1.807, 2.05) is 11.8 Å². The molecule has 0 aliphatic carbocycles. The number of thioether (sulfide) groups is 1. The molecule has 0 fully saturated rings. The van der Waals surface area contributed by atoms with Gasteiger partial charge in [-0.25, -0.2) is 4.98 Å². The molecule has 106 valence electrons. The van der Waals surface area contributed by atoms with Crippen LogP contribution in [0, 0.1) is 12.3 Å². The second-order valence-electron chi connectivity index (χ2n) is 5.15. The van der Waals surface area contributed by atoms with Gasteiger partial charge in [0.25, 0.3) is 0 Å². The molecule has 0 bridgehead atoms. The number of thiazole rings is 1. The lowest BCUT2D eigenvalue weighted by atomic mass is 9.84.